The molecule has 1 heterocycles. The van der Waals surface area contributed by atoms with E-state index in [1.807, 2.05) is 74.5 Å². The van der Waals surface area contributed by atoms with E-state index in [1.165, 1.54) is 0 Å². The monoisotopic (exact) mass is 386 g/mol. The first-order valence-corrected chi connectivity index (χ1v) is 9.89. The van der Waals surface area contributed by atoms with Crippen LogP contribution in [0.5, 0.6) is 0 Å². The van der Waals surface area contributed by atoms with Crippen LogP contribution in [0, 0.1) is 18.8 Å². The quantitative estimate of drug-likeness (QED) is 0.603. The average molecular weight is 386 g/mol. The van der Waals surface area contributed by atoms with E-state index in [2.05, 4.69) is 29.1 Å². The van der Waals surface area contributed by atoms with Gasteiger partial charge >= 0.3 is 0 Å². The molecule has 2 aromatic carbocycles. The van der Waals surface area contributed by atoms with Crippen molar-refractivity contribution in [3.8, 4) is 11.8 Å². The van der Waals surface area contributed by atoms with Crippen molar-refractivity contribution in [1.82, 2.24) is 19.9 Å². The molecule has 5 heteroatoms. The summed E-state index contributed by atoms with van der Waals surface area (Å²) < 4.78 is 1.77. The van der Waals surface area contributed by atoms with Gasteiger partial charge in [-0.3, -0.25) is 4.79 Å². The van der Waals surface area contributed by atoms with Gasteiger partial charge in [0.1, 0.15) is 0 Å². The summed E-state index contributed by atoms with van der Waals surface area (Å²) in [6, 6.07) is 19.9. The lowest BCUT2D eigenvalue weighted by atomic mass is 10.1. The molecule has 3 rings (SSSR count). The standard InChI is InChI=1S/C24H26N4O/c1-4-19(2)27(17-11-16-21-12-7-5-8-13-21)24(29)23-20(3)28(26-25-23)18-22-14-9-6-10-15-22/h5-10,12-15,19H,4,17-18H2,1-3H3/t19-/m0/s1. The lowest BCUT2D eigenvalue weighted by Crippen LogP contribution is -2.39. The molecule has 0 radical (unpaired) electrons. The molecule has 0 aliphatic carbocycles. The van der Waals surface area contributed by atoms with E-state index in [1.54, 1.807) is 9.58 Å². The molecule has 1 amide bonds. The molecule has 1 atom stereocenters. The fraction of sp³-hybridized carbons (Fsp3) is 0.292. The summed E-state index contributed by atoms with van der Waals surface area (Å²) in [6.45, 7) is 6.93. The van der Waals surface area contributed by atoms with Gasteiger partial charge in [0.05, 0.1) is 18.8 Å². The predicted molar refractivity (Wildman–Crippen MR) is 114 cm³/mol. The van der Waals surface area contributed by atoms with Gasteiger partial charge in [0.25, 0.3) is 5.91 Å². The number of carbonyl (C=O) groups excluding carboxylic acids is 1. The van der Waals surface area contributed by atoms with Crippen molar-refractivity contribution < 1.29 is 4.79 Å². The second kappa shape index (κ2) is 9.70. The summed E-state index contributed by atoms with van der Waals surface area (Å²) >= 11 is 0. The Morgan fingerprint density at radius 3 is 2.41 bits per heavy atom. The largest absolute Gasteiger partial charge is 0.323 e. The van der Waals surface area contributed by atoms with Crippen molar-refractivity contribution >= 4 is 5.91 Å². The lowest BCUT2D eigenvalue weighted by molar-refractivity contribution is 0.0709. The van der Waals surface area contributed by atoms with Crippen LogP contribution in [0.4, 0.5) is 0 Å². The first-order chi connectivity index (χ1) is 14.1. The number of benzene rings is 2. The minimum Gasteiger partial charge on any atom is -0.323 e. The van der Waals surface area contributed by atoms with Gasteiger partial charge in [0, 0.05) is 11.6 Å². The molecular weight excluding hydrogens is 360 g/mol. The molecule has 0 N–H and O–H groups in total. The zero-order chi connectivity index (χ0) is 20.6. The summed E-state index contributed by atoms with van der Waals surface area (Å²) in [6.07, 6.45) is 0.843. The number of hydrogen-bond donors (Lipinski definition) is 0. The topological polar surface area (TPSA) is 51.0 Å². The van der Waals surface area contributed by atoms with Crippen LogP contribution in [-0.4, -0.2) is 38.4 Å². The molecule has 0 aliphatic rings. The van der Waals surface area contributed by atoms with Crippen LogP contribution in [0.3, 0.4) is 0 Å². The summed E-state index contributed by atoms with van der Waals surface area (Å²) in [5.41, 5.74) is 3.21. The van der Waals surface area contributed by atoms with E-state index < -0.39 is 0 Å². The van der Waals surface area contributed by atoms with E-state index in [0.717, 1.165) is 23.2 Å². The molecule has 0 spiro atoms. The highest BCUT2D eigenvalue weighted by Gasteiger charge is 2.25. The van der Waals surface area contributed by atoms with Gasteiger partial charge < -0.3 is 4.90 Å². The van der Waals surface area contributed by atoms with Crippen molar-refractivity contribution in [1.29, 1.82) is 0 Å². The number of rotatable bonds is 6. The van der Waals surface area contributed by atoms with E-state index in [0.29, 0.717) is 18.8 Å². The SMILES string of the molecule is CC[C@H](C)N(CC#Cc1ccccc1)C(=O)c1nnn(Cc2ccccc2)c1C. The number of amides is 1. The van der Waals surface area contributed by atoms with Gasteiger partial charge in [-0.05, 0) is 38.0 Å². The summed E-state index contributed by atoms with van der Waals surface area (Å²) in [5, 5.41) is 8.40. The summed E-state index contributed by atoms with van der Waals surface area (Å²) in [7, 11) is 0. The molecule has 0 fully saturated rings. The zero-order valence-corrected chi connectivity index (χ0v) is 17.2. The smallest absolute Gasteiger partial charge is 0.277 e. The first-order valence-electron chi connectivity index (χ1n) is 9.89. The Labute approximate surface area is 172 Å². The Balaban J connectivity index is 1.78. The van der Waals surface area contributed by atoms with Crippen LogP contribution in [0.25, 0.3) is 0 Å². The highest BCUT2D eigenvalue weighted by molar-refractivity contribution is 5.93. The van der Waals surface area contributed by atoms with Gasteiger partial charge in [-0.25, -0.2) is 4.68 Å². The Bertz CT molecular complexity index is 1000. The third-order valence-electron chi connectivity index (χ3n) is 5.00. The van der Waals surface area contributed by atoms with Crippen LogP contribution in [-0.2, 0) is 6.54 Å². The minimum atomic E-state index is -0.126. The molecule has 29 heavy (non-hydrogen) atoms. The molecule has 0 aliphatic heterocycles. The Morgan fingerprint density at radius 2 is 1.76 bits per heavy atom. The molecule has 5 nitrogen and oxygen atoms in total. The average Bonchev–Trinajstić information content (AvgIpc) is 3.12. The maximum absolute atomic E-state index is 13.2. The lowest BCUT2D eigenvalue weighted by Gasteiger charge is -2.26. The Hall–Kier alpha value is -3.39. The van der Waals surface area contributed by atoms with Crippen molar-refractivity contribution in [2.75, 3.05) is 6.54 Å². The van der Waals surface area contributed by atoms with Crippen molar-refractivity contribution in [2.24, 2.45) is 0 Å². The van der Waals surface area contributed by atoms with Crippen LogP contribution < -0.4 is 0 Å². The Morgan fingerprint density at radius 1 is 1.10 bits per heavy atom. The second-order valence-electron chi connectivity index (χ2n) is 7.02. The fourth-order valence-corrected chi connectivity index (χ4v) is 3.00. The van der Waals surface area contributed by atoms with Crippen molar-refractivity contribution in [3.05, 3.63) is 83.2 Å². The van der Waals surface area contributed by atoms with Crippen LogP contribution >= 0.6 is 0 Å². The number of aromatic nitrogens is 3. The summed E-state index contributed by atoms with van der Waals surface area (Å²) in [4.78, 5) is 15.0. The predicted octanol–water partition coefficient (Wildman–Crippen LogP) is 3.93. The molecule has 0 saturated heterocycles. The fourth-order valence-electron chi connectivity index (χ4n) is 3.00. The highest BCUT2D eigenvalue weighted by atomic mass is 16.2. The maximum atomic E-state index is 13.2. The van der Waals surface area contributed by atoms with Crippen LogP contribution in [0.15, 0.2) is 60.7 Å². The van der Waals surface area contributed by atoms with Crippen LogP contribution in [0.2, 0.25) is 0 Å². The number of carbonyl (C=O) groups is 1. The molecule has 148 valence electrons. The van der Waals surface area contributed by atoms with Gasteiger partial charge in [0.15, 0.2) is 5.69 Å². The molecule has 0 unspecified atom stereocenters. The third kappa shape index (κ3) is 5.11. The third-order valence-corrected chi connectivity index (χ3v) is 5.00. The zero-order valence-electron chi connectivity index (χ0n) is 17.2. The minimum absolute atomic E-state index is 0.0613. The molecular formula is C24H26N4O. The molecule has 0 bridgehead atoms. The molecule has 3 aromatic rings. The molecule has 0 saturated carbocycles. The number of hydrogen-bond acceptors (Lipinski definition) is 3. The van der Waals surface area contributed by atoms with Crippen molar-refractivity contribution in [2.45, 2.75) is 39.8 Å². The van der Waals surface area contributed by atoms with Gasteiger partial charge in [-0.1, -0.05) is 72.5 Å². The highest BCUT2D eigenvalue weighted by Crippen LogP contribution is 2.13. The maximum Gasteiger partial charge on any atom is 0.277 e. The van der Waals surface area contributed by atoms with Gasteiger partial charge in [0.2, 0.25) is 0 Å². The normalized spacial score (nSPS) is 11.4. The van der Waals surface area contributed by atoms with Gasteiger partial charge in [-0.2, -0.15) is 0 Å². The van der Waals surface area contributed by atoms with E-state index >= 15 is 0 Å². The van der Waals surface area contributed by atoms with Gasteiger partial charge in [-0.15, -0.1) is 5.10 Å². The van der Waals surface area contributed by atoms with Crippen molar-refractivity contribution in [3.63, 3.8) is 0 Å². The van der Waals surface area contributed by atoms with Crippen LogP contribution in [0.1, 0.15) is 47.6 Å². The second-order valence-corrected chi connectivity index (χ2v) is 7.02. The number of nitrogens with zero attached hydrogens (tertiary/aromatic N) is 4. The van der Waals surface area contributed by atoms with E-state index in [4.69, 9.17) is 0 Å². The first kappa shape index (κ1) is 20.3. The van der Waals surface area contributed by atoms with E-state index in [-0.39, 0.29) is 11.9 Å². The van der Waals surface area contributed by atoms with E-state index in [9.17, 15) is 4.79 Å². The molecule has 1 aromatic heterocycles. The summed E-state index contributed by atoms with van der Waals surface area (Å²) in [5.74, 6) is 6.14. The Kier molecular flexibility index (Phi) is 6.80.